The highest BCUT2D eigenvalue weighted by atomic mass is 16.6. The van der Waals surface area contributed by atoms with E-state index in [0.29, 0.717) is 29.2 Å². The molecule has 0 bridgehead atoms. The predicted molar refractivity (Wildman–Crippen MR) is 213 cm³/mol. The third-order valence-corrected chi connectivity index (χ3v) is 12.2. The third-order valence-electron chi connectivity index (χ3n) is 12.2. The number of hydrogen-bond donors (Lipinski definition) is 2. The zero-order valence-electron chi connectivity index (χ0n) is 32.8. The standard InChI is InChI=1S/C45H44N4O9/c1-5-45(57)34-20-36-41-32(21-48(36)43(55)33(34)22-58-44(45)56)30-8-6-7-29-26(11-14-35(47-41)40(29)30)18-37(51)24(4)46-42(54)31(23(2)3)19-28(50)17-25-9-12-27(13-10-25)49-38(52)15-16-39(49)53/h9-16,20,23-24,31,57H,5-8,17-19,21-22H2,1-4H3,(H,46,54)/t24-,31?,45-/m0/s1. The predicted octanol–water partition coefficient (Wildman–Crippen LogP) is 4.09. The number of esters is 1. The highest BCUT2D eigenvalue weighted by molar-refractivity contribution is 6.28. The molecule has 298 valence electrons. The van der Waals surface area contributed by atoms with Crippen LogP contribution in [-0.2, 0) is 77.9 Å². The van der Waals surface area contributed by atoms with E-state index >= 15 is 0 Å². The van der Waals surface area contributed by atoms with Crippen molar-refractivity contribution in [1.29, 1.82) is 0 Å². The molecular formula is C45H44N4O9. The van der Waals surface area contributed by atoms with Crippen LogP contribution in [-0.4, -0.2) is 56.0 Å². The van der Waals surface area contributed by atoms with Gasteiger partial charge in [-0.15, -0.1) is 0 Å². The molecule has 3 amide bonds. The molecule has 0 spiro atoms. The number of aryl methyl sites for hydroxylation is 2. The molecule has 4 aliphatic rings. The summed E-state index contributed by atoms with van der Waals surface area (Å²) in [5.41, 5.74) is 5.21. The molecule has 2 N–H and O–H groups in total. The van der Waals surface area contributed by atoms with Crippen LogP contribution in [0.25, 0.3) is 22.3 Å². The molecule has 3 aliphatic heterocycles. The lowest BCUT2D eigenvalue weighted by molar-refractivity contribution is -0.172. The second-order valence-electron chi connectivity index (χ2n) is 16.1. The molecule has 5 heterocycles. The number of nitrogens with zero attached hydrogens (tertiary/aromatic N) is 3. The minimum atomic E-state index is -1.91. The first kappa shape index (κ1) is 38.8. The van der Waals surface area contributed by atoms with Gasteiger partial charge < -0.3 is 19.7 Å². The van der Waals surface area contributed by atoms with Crippen LogP contribution in [0.3, 0.4) is 0 Å². The number of benzene rings is 2. The number of nitrogens with one attached hydrogen (secondary N) is 1. The number of carbonyl (C=O) groups is 6. The molecule has 0 saturated heterocycles. The second kappa shape index (κ2) is 14.7. The van der Waals surface area contributed by atoms with E-state index in [9.17, 15) is 38.7 Å². The number of amides is 3. The molecular weight excluding hydrogens is 741 g/mol. The zero-order chi connectivity index (χ0) is 41.2. The molecule has 58 heavy (non-hydrogen) atoms. The van der Waals surface area contributed by atoms with Crippen molar-refractivity contribution in [2.75, 3.05) is 4.90 Å². The summed E-state index contributed by atoms with van der Waals surface area (Å²) in [6.07, 6.45) is 4.95. The number of rotatable bonds is 12. The first-order valence-electron chi connectivity index (χ1n) is 19.8. The smallest absolute Gasteiger partial charge is 0.343 e. The van der Waals surface area contributed by atoms with Crippen molar-refractivity contribution in [2.24, 2.45) is 11.8 Å². The van der Waals surface area contributed by atoms with Gasteiger partial charge in [-0.25, -0.2) is 14.7 Å². The van der Waals surface area contributed by atoms with Gasteiger partial charge in [-0.3, -0.25) is 28.8 Å². The number of aromatic nitrogens is 2. The van der Waals surface area contributed by atoms with E-state index in [1.54, 1.807) is 48.7 Å². The Hall–Kier alpha value is -6.08. The molecule has 13 heteroatoms. The SMILES string of the molecule is CC[C@@]1(O)C(=O)OCc2c1cc1n(c2=O)Cc2c-1nc1ccc(CC(=O)[C@H](C)NC(=O)C(CC(=O)Cc3ccc(N4C(=O)C=CC4=O)cc3)C(C)C)c3c1c2CCC3. The van der Waals surface area contributed by atoms with Gasteiger partial charge in [0.2, 0.25) is 5.91 Å². The lowest BCUT2D eigenvalue weighted by atomic mass is 9.83. The maximum Gasteiger partial charge on any atom is 0.343 e. The van der Waals surface area contributed by atoms with Crippen LogP contribution in [0.2, 0.25) is 0 Å². The maximum atomic E-state index is 13.8. The van der Waals surface area contributed by atoms with Gasteiger partial charge in [0.15, 0.2) is 11.4 Å². The highest BCUT2D eigenvalue weighted by Gasteiger charge is 2.45. The van der Waals surface area contributed by atoms with Crippen molar-refractivity contribution in [3.8, 4) is 11.4 Å². The number of ether oxygens (including phenoxy) is 1. The number of carbonyl (C=O) groups excluding carboxylic acids is 6. The summed E-state index contributed by atoms with van der Waals surface area (Å²) in [6, 6.07) is 11.3. The van der Waals surface area contributed by atoms with Gasteiger partial charge in [0.25, 0.3) is 17.4 Å². The van der Waals surface area contributed by atoms with Gasteiger partial charge >= 0.3 is 5.97 Å². The molecule has 1 unspecified atom stereocenters. The average Bonchev–Trinajstić information content (AvgIpc) is 3.75. The summed E-state index contributed by atoms with van der Waals surface area (Å²) in [6.45, 7) is 7.15. The van der Waals surface area contributed by atoms with Crippen molar-refractivity contribution in [2.45, 2.75) is 97.4 Å². The summed E-state index contributed by atoms with van der Waals surface area (Å²) < 4.78 is 6.86. The second-order valence-corrected chi connectivity index (χ2v) is 16.1. The average molecular weight is 785 g/mol. The number of imide groups is 1. The van der Waals surface area contributed by atoms with Crippen LogP contribution in [0.1, 0.15) is 85.9 Å². The van der Waals surface area contributed by atoms with Crippen LogP contribution in [0.5, 0.6) is 0 Å². The number of ketones is 2. The minimum Gasteiger partial charge on any atom is -0.458 e. The first-order chi connectivity index (χ1) is 27.7. The van der Waals surface area contributed by atoms with E-state index in [4.69, 9.17) is 9.72 Å². The number of cyclic esters (lactones) is 1. The highest BCUT2D eigenvalue weighted by Crippen LogP contribution is 2.43. The van der Waals surface area contributed by atoms with Gasteiger partial charge in [-0.05, 0) is 85.0 Å². The summed E-state index contributed by atoms with van der Waals surface area (Å²) in [4.78, 5) is 97.0. The molecule has 3 atom stereocenters. The molecule has 4 aromatic rings. The lowest BCUT2D eigenvalue weighted by Gasteiger charge is -2.31. The van der Waals surface area contributed by atoms with E-state index in [-0.39, 0.29) is 72.4 Å². The molecule has 0 fully saturated rings. The van der Waals surface area contributed by atoms with Crippen LogP contribution in [0.4, 0.5) is 5.69 Å². The molecule has 0 radical (unpaired) electrons. The Morgan fingerprint density at radius 3 is 2.31 bits per heavy atom. The fourth-order valence-corrected chi connectivity index (χ4v) is 8.89. The number of hydrogen-bond acceptors (Lipinski definition) is 10. The topological polar surface area (TPSA) is 182 Å². The number of anilines is 1. The van der Waals surface area contributed by atoms with E-state index in [0.717, 1.165) is 57.3 Å². The Bertz CT molecular complexity index is 2550. The van der Waals surface area contributed by atoms with Crippen LogP contribution < -0.4 is 15.8 Å². The van der Waals surface area contributed by atoms with E-state index in [1.165, 1.54) is 12.2 Å². The van der Waals surface area contributed by atoms with Crippen molar-refractivity contribution in [3.63, 3.8) is 0 Å². The number of Topliss-reactive ketones (excluding diaryl/α,β-unsaturated/α-hetero) is 2. The molecule has 2 aromatic heterocycles. The van der Waals surface area contributed by atoms with Gasteiger partial charge in [-0.1, -0.05) is 39.0 Å². The van der Waals surface area contributed by atoms with Crippen LogP contribution >= 0.6 is 0 Å². The molecule has 0 saturated carbocycles. The lowest BCUT2D eigenvalue weighted by Crippen LogP contribution is -2.44. The molecule has 13 nitrogen and oxygen atoms in total. The summed E-state index contributed by atoms with van der Waals surface area (Å²) in [5.74, 6) is -3.15. The van der Waals surface area contributed by atoms with Crippen molar-refractivity contribution < 1.29 is 38.6 Å². The number of fused-ring (bicyclic) bond motifs is 5. The normalized spacial score (nSPS) is 18.9. The fourth-order valence-electron chi connectivity index (χ4n) is 8.89. The van der Waals surface area contributed by atoms with E-state index in [2.05, 4.69) is 5.32 Å². The third kappa shape index (κ3) is 6.47. The molecule has 8 rings (SSSR count). The maximum absolute atomic E-state index is 13.8. The largest absolute Gasteiger partial charge is 0.458 e. The van der Waals surface area contributed by atoms with Crippen molar-refractivity contribution in [1.82, 2.24) is 14.9 Å². The number of aliphatic hydroxyl groups is 1. The summed E-state index contributed by atoms with van der Waals surface area (Å²) >= 11 is 0. The Labute approximate surface area is 334 Å². The Morgan fingerprint density at radius 2 is 1.62 bits per heavy atom. The summed E-state index contributed by atoms with van der Waals surface area (Å²) in [5, 5.41) is 15.1. The Kier molecular flexibility index (Phi) is 9.83. The summed E-state index contributed by atoms with van der Waals surface area (Å²) in [7, 11) is 0. The number of pyridine rings is 2. The van der Waals surface area contributed by atoms with Crippen LogP contribution in [0.15, 0.2) is 59.4 Å². The quantitative estimate of drug-likeness (QED) is 0.138. The zero-order valence-corrected chi connectivity index (χ0v) is 32.8. The fraction of sp³-hybridized carbons (Fsp3) is 0.378. The molecule has 1 aliphatic carbocycles. The van der Waals surface area contributed by atoms with Gasteiger partial charge in [0.05, 0.1) is 40.7 Å². The van der Waals surface area contributed by atoms with Crippen molar-refractivity contribution in [3.05, 3.63) is 104 Å². The molecule has 2 aromatic carbocycles. The van der Waals surface area contributed by atoms with E-state index < -0.39 is 35.3 Å². The van der Waals surface area contributed by atoms with Gasteiger partial charge in [0.1, 0.15) is 12.4 Å². The first-order valence-corrected chi connectivity index (χ1v) is 19.8. The monoisotopic (exact) mass is 784 g/mol. The minimum absolute atomic E-state index is 0.0158. The van der Waals surface area contributed by atoms with Crippen molar-refractivity contribution >= 4 is 51.8 Å². The van der Waals surface area contributed by atoms with Crippen LogP contribution in [0, 0.1) is 11.8 Å². The van der Waals surface area contributed by atoms with E-state index in [1.807, 2.05) is 26.0 Å². The Morgan fingerprint density at radius 1 is 0.914 bits per heavy atom. The van der Waals surface area contributed by atoms with Gasteiger partial charge in [0, 0.05) is 53.8 Å². The Balaban J connectivity index is 0.968. The van der Waals surface area contributed by atoms with Gasteiger partial charge in [-0.2, -0.15) is 0 Å².